The number of benzene rings is 2. The van der Waals surface area contributed by atoms with Gasteiger partial charge in [-0.1, -0.05) is 70.5 Å². The zero-order chi connectivity index (χ0) is 27.5. The van der Waals surface area contributed by atoms with Crippen LogP contribution in [0.25, 0.3) is 10.8 Å². The minimum Gasteiger partial charge on any atom is -0.465 e. The predicted molar refractivity (Wildman–Crippen MR) is 140 cm³/mol. The second-order valence-electron chi connectivity index (χ2n) is 9.51. The van der Waals surface area contributed by atoms with Crippen molar-refractivity contribution in [1.82, 2.24) is 21.3 Å². The van der Waals surface area contributed by atoms with E-state index in [-0.39, 0.29) is 18.9 Å². The SMILES string of the molecule is CC[C@H](C)C(NC(=O)[C@H](CC(C)C)NC(=O)O)C(=O)C(=O)NCC(=O)NCc1ccc2ccccc2c1. The Bertz CT molecular complexity index is 1130. The molecular formula is C27H36N4O6. The molecule has 0 saturated carbocycles. The van der Waals surface area contributed by atoms with Crippen molar-refractivity contribution in [1.29, 1.82) is 0 Å². The van der Waals surface area contributed by atoms with Crippen LogP contribution in [0.2, 0.25) is 0 Å². The first-order chi connectivity index (χ1) is 17.5. The van der Waals surface area contributed by atoms with Crippen LogP contribution in [0.15, 0.2) is 42.5 Å². The van der Waals surface area contributed by atoms with Gasteiger partial charge in [-0.15, -0.1) is 0 Å². The molecule has 2 rings (SSSR count). The van der Waals surface area contributed by atoms with Crippen molar-refractivity contribution in [2.45, 2.75) is 59.2 Å². The fourth-order valence-corrected chi connectivity index (χ4v) is 3.81. The zero-order valence-corrected chi connectivity index (χ0v) is 21.7. The molecular weight excluding hydrogens is 476 g/mol. The van der Waals surface area contributed by atoms with Gasteiger partial charge in [0.15, 0.2) is 0 Å². The van der Waals surface area contributed by atoms with Crippen molar-refractivity contribution in [2.24, 2.45) is 11.8 Å². The summed E-state index contributed by atoms with van der Waals surface area (Å²) in [7, 11) is 0. The van der Waals surface area contributed by atoms with Gasteiger partial charge in [0.25, 0.3) is 5.91 Å². The highest BCUT2D eigenvalue weighted by Crippen LogP contribution is 2.15. The van der Waals surface area contributed by atoms with Crippen LogP contribution in [0, 0.1) is 11.8 Å². The number of carbonyl (C=O) groups is 5. The van der Waals surface area contributed by atoms with Crippen LogP contribution in [0.5, 0.6) is 0 Å². The molecule has 1 unspecified atom stereocenters. The van der Waals surface area contributed by atoms with Gasteiger partial charge in [0.05, 0.1) is 12.6 Å². The molecule has 0 aliphatic carbocycles. The zero-order valence-electron chi connectivity index (χ0n) is 21.7. The third-order valence-electron chi connectivity index (χ3n) is 6.05. The summed E-state index contributed by atoms with van der Waals surface area (Å²) >= 11 is 0. The smallest absolute Gasteiger partial charge is 0.405 e. The van der Waals surface area contributed by atoms with Gasteiger partial charge in [0, 0.05) is 6.54 Å². The minimum atomic E-state index is -1.36. The molecule has 10 heteroatoms. The molecule has 10 nitrogen and oxygen atoms in total. The number of ketones is 1. The van der Waals surface area contributed by atoms with Crippen LogP contribution in [0.3, 0.4) is 0 Å². The number of fused-ring (bicyclic) bond motifs is 1. The highest BCUT2D eigenvalue weighted by atomic mass is 16.4. The predicted octanol–water partition coefficient (Wildman–Crippen LogP) is 2.35. The molecule has 37 heavy (non-hydrogen) atoms. The summed E-state index contributed by atoms with van der Waals surface area (Å²) in [6, 6.07) is 11.4. The van der Waals surface area contributed by atoms with Crippen molar-refractivity contribution < 1.29 is 29.1 Å². The summed E-state index contributed by atoms with van der Waals surface area (Å²) in [4.78, 5) is 61.5. The summed E-state index contributed by atoms with van der Waals surface area (Å²) in [5, 5.41) is 20.9. The maximum Gasteiger partial charge on any atom is 0.405 e. The Hall–Kier alpha value is -3.95. The topological polar surface area (TPSA) is 154 Å². The molecule has 5 N–H and O–H groups in total. The Labute approximate surface area is 216 Å². The van der Waals surface area contributed by atoms with Gasteiger partial charge in [-0.2, -0.15) is 0 Å². The van der Waals surface area contributed by atoms with E-state index in [1.54, 1.807) is 13.8 Å². The maximum absolute atomic E-state index is 12.9. The first kappa shape index (κ1) is 29.3. The molecule has 0 saturated heterocycles. The molecule has 0 aliphatic rings. The lowest BCUT2D eigenvalue weighted by Gasteiger charge is -2.26. The van der Waals surface area contributed by atoms with Crippen molar-refractivity contribution >= 4 is 40.4 Å². The fourth-order valence-electron chi connectivity index (χ4n) is 3.81. The van der Waals surface area contributed by atoms with E-state index in [0.717, 1.165) is 16.3 Å². The molecule has 200 valence electrons. The van der Waals surface area contributed by atoms with Crippen molar-refractivity contribution in [3.8, 4) is 0 Å². The third kappa shape index (κ3) is 9.21. The van der Waals surface area contributed by atoms with Gasteiger partial charge in [-0.25, -0.2) is 4.79 Å². The highest BCUT2D eigenvalue weighted by Gasteiger charge is 2.33. The molecule has 2 aromatic carbocycles. The molecule has 2 aromatic rings. The molecule has 0 spiro atoms. The molecule has 0 bridgehead atoms. The number of amides is 4. The second-order valence-corrected chi connectivity index (χ2v) is 9.51. The lowest BCUT2D eigenvalue weighted by atomic mass is 9.94. The van der Waals surface area contributed by atoms with Gasteiger partial charge in [0.2, 0.25) is 17.6 Å². The molecule has 4 amide bonds. The Morgan fingerprint density at radius 2 is 1.57 bits per heavy atom. The highest BCUT2D eigenvalue weighted by molar-refractivity contribution is 6.38. The summed E-state index contributed by atoms with van der Waals surface area (Å²) in [5.41, 5.74) is 0.889. The standard InChI is InChI=1S/C27H36N4O6/c1-5-17(4)23(31-25(34)21(12-16(2)3)30-27(36)37)24(33)26(35)29-15-22(32)28-14-18-10-11-19-8-6-7-9-20(19)13-18/h6-11,13,16-17,21,23,30H,5,12,14-15H2,1-4H3,(H,28,32)(H,29,35)(H,31,34)(H,36,37)/t17-,21-,23?/m0/s1. The average molecular weight is 513 g/mol. The Balaban J connectivity index is 1.94. The summed E-state index contributed by atoms with van der Waals surface area (Å²) in [5.74, 6) is -3.44. The molecule has 0 fully saturated rings. The van der Waals surface area contributed by atoms with Gasteiger partial charge < -0.3 is 26.4 Å². The quantitative estimate of drug-likeness (QED) is 0.260. The maximum atomic E-state index is 12.9. The Morgan fingerprint density at radius 3 is 2.19 bits per heavy atom. The van der Waals surface area contributed by atoms with Crippen molar-refractivity contribution in [3.05, 3.63) is 48.0 Å². The van der Waals surface area contributed by atoms with Crippen LogP contribution < -0.4 is 21.3 Å². The number of Topliss-reactive ketones (excluding diaryl/α,β-unsaturated/α-hetero) is 1. The lowest BCUT2D eigenvalue weighted by Crippen LogP contribution is -2.56. The largest absolute Gasteiger partial charge is 0.465 e. The third-order valence-corrected chi connectivity index (χ3v) is 6.05. The van der Waals surface area contributed by atoms with Crippen molar-refractivity contribution in [2.75, 3.05) is 6.54 Å². The van der Waals surface area contributed by atoms with Gasteiger partial charge in [-0.3, -0.25) is 19.2 Å². The van der Waals surface area contributed by atoms with E-state index in [0.29, 0.717) is 6.42 Å². The fraction of sp³-hybridized carbons (Fsp3) is 0.444. The monoisotopic (exact) mass is 512 g/mol. The first-order valence-corrected chi connectivity index (χ1v) is 12.4. The number of hydrogen-bond donors (Lipinski definition) is 5. The van der Waals surface area contributed by atoms with Crippen LogP contribution in [0.1, 0.15) is 46.1 Å². The van der Waals surface area contributed by atoms with Crippen LogP contribution in [0.4, 0.5) is 4.79 Å². The number of hydrogen-bond acceptors (Lipinski definition) is 5. The van der Waals surface area contributed by atoms with Gasteiger partial charge in [0.1, 0.15) is 6.04 Å². The summed E-state index contributed by atoms with van der Waals surface area (Å²) in [6.07, 6.45) is -0.653. The number of nitrogens with one attached hydrogen (secondary N) is 4. The lowest BCUT2D eigenvalue weighted by molar-refractivity contribution is -0.141. The van der Waals surface area contributed by atoms with E-state index in [9.17, 15) is 24.0 Å². The first-order valence-electron chi connectivity index (χ1n) is 12.4. The molecule has 0 aliphatic heterocycles. The van der Waals surface area contributed by atoms with Gasteiger partial charge in [-0.05, 0) is 40.7 Å². The average Bonchev–Trinajstić information content (AvgIpc) is 2.87. The normalized spacial score (nSPS) is 13.3. The van der Waals surface area contributed by atoms with Crippen LogP contribution in [-0.2, 0) is 25.7 Å². The summed E-state index contributed by atoms with van der Waals surface area (Å²) in [6.45, 7) is 7.02. The number of carboxylic acid groups (broad SMARTS) is 1. The molecule has 0 radical (unpaired) electrons. The molecule has 3 atom stereocenters. The minimum absolute atomic E-state index is 0.0109. The van der Waals surface area contributed by atoms with Crippen molar-refractivity contribution in [3.63, 3.8) is 0 Å². The summed E-state index contributed by atoms with van der Waals surface area (Å²) < 4.78 is 0. The van der Waals surface area contributed by atoms with E-state index in [1.807, 2.05) is 56.3 Å². The van der Waals surface area contributed by atoms with Crippen LogP contribution in [-0.4, -0.2) is 53.3 Å². The molecule has 0 heterocycles. The molecule has 0 aromatic heterocycles. The van der Waals surface area contributed by atoms with E-state index in [2.05, 4.69) is 21.3 Å². The van der Waals surface area contributed by atoms with E-state index >= 15 is 0 Å². The van der Waals surface area contributed by atoms with E-state index in [1.165, 1.54) is 0 Å². The van der Waals surface area contributed by atoms with E-state index in [4.69, 9.17) is 5.11 Å². The van der Waals surface area contributed by atoms with Crippen LogP contribution >= 0.6 is 0 Å². The second kappa shape index (κ2) is 14.0. The Morgan fingerprint density at radius 1 is 0.892 bits per heavy atom. The van der Waals surface area contributed by atoms with Gasteiger partial charge >= 0.3 is 6.09 Å². The number of carbonyl (C=O) groups excluding carboxylic acids is 4. The number of rotatable bonds is 13. The Kier molecular flexibility index (Phi) is 11.0. The van der Waals surface area contributed by atoms with E-state index < -0.39 is 54.1 Å².